The van der Waals surface area contributed by atoms with Gasteiger partial charge in [0.25, 0.3) is 0 Å². The minimum atomic E-state index is -4.33. The first kappa shape index (κ1) is 66.6. The highest BCUT2D eigenvalue weighted by atomic mass is 19.4. The number of alkyl halides is 3. The predicted octanol–water partition coefficient (Wildman–Crippen LogP) is 21.3. The van der Waals surface area contributed by atoms with Crippen molar-refractivity contribution < 1.29 is 28.4 Å². The number of methoxy groups -OCH3 is 2. The Hall–Kier alpha value is -9.31. The quantitative estimate of drug-likeness (QED) is 0.124. The van der Waals surface area contributed by atoms with Gasteiger partial charge in [0.15, 0.2) is 11.5 Å². The number of fused-ring (bicyclic) bond motifs is 3. The van der Waals surface area contributed by atoms with Gasteiger partial charge in [-0.2, -0.15) is 13.2 Å². The second-order valence-electron chi connectivity index (χ2n) is 28.0. The zero-order chi connectivity index (χ0) is 66.6. The summed E-state index contributed by atoms with van der Waals surface area (Å²) in [4.78, 5) is 0. The van der Waals surface area contributed by atoms with E-state index in [-0.39, 0.29) is 10.8 Å². The molecule has 0 aliphatic carbocycles. The number of hydrogen-bond acceptors (Lipinski definition) is 2. The Labute approximate surface area is 549 Å². The van der Waals surface area contributed by atoms with Crippen LogP contribution in [0.3, 0.4) is 0 Å². The summed E-state index contributed by atoms with van der Waals surface area (Å²) in [6.07, 6.45) is -3.47. The molecule has 0 fully saturated rings. The first-order valence-electron chi connectivity index (χ1n) is 32.0. The summed E-state index contributed by atoms with van der Waals surface area (Å²) in [6, 6.07) is 83.8. The molecule has 93 heavy (non-hydrogen) atoms. The molecule has 0 spiro atoms. The summed E-state index contributed by atoms with van der Waals surface area (Å²) >= 11 is 0. The first-order chi connectivity index (χ1) is 44.1. The van der Waals surface area contributed by atoms with Crippen LogP contribution in [0.25, 0.3) is 99.1 Å². The smallest absolute Gasteiger partial charge is 0.416 e. The third kappa shape index (κ3) is 15.3. The highest BCUT2D eigenvalue weighted by Crippen LogP contribution is 2.43. The molecule has 0 bridgehead atoms. The van der Waals surface area contributed by atoms with Crippen molar-refractivity contribution in [2.24, 2.45) is 0 Å². The van der Waals surface area contributed by atoms with Crippen molar-refractivity contribution in [3.63, 3.8) is 0 Å². The minimum absolute atomic E-state index is 0.148. The molecule has 12 aromatic carbocycles. The Bertz CT molecular complexity index is 4580. The van der Waals surface area contributed by atoms with E-state index >= 15 is 0 Å². The number of benzene rings is 12. The molecule has 0 amide bonds. The van der Waals surface area contributed by atoms with Gasteiger partial charge in [0.2, 0.25) is 0 Å². The van der Waals surface area contributed by atoms with Crippen LogP contribution in [0.2, 0.25) is 0 Å². The van der Waals surface area contributed by atoms with Crippen LogP contribution in [-0.4, -0.2) is 63.1 Å². The van der Waals surface area contributed by atoms with Crippen molar-refractivity contribution in [2.75, 3.05) is 63.1 Å². The third-order valence-corrected chi connectivity index (χ3v) is 17.6. The van der Waals surface area contributed by atoms with Crippen molar-refractivity contribution in [2.45, 2.75) is 65.0 Å². The average molecular weight is 1240 g/mol. The van der Waals surface area contributed by atoms with Gasteiger partial charge in [-0.25, -0.2) is 0 Å². The molecule has 0 aliphatic heterocycles. The van der Waals surface area contributed by atoms with E-state index in [4.69, 9.17) is 9.47 Å². The average Bonchev–Trinajstić information content (AvgIpc) is 0.822. The van der Waals surface area contributed by atoms with Crippen LogP contribution in [0.1, 0.15) is 63.8 Å². The number of halogens is 3. The number of rotatable bonds is 12. The maximum atomic E-state index is 12.9. The molecule has 0 aliphatic rings. The van der Waals surface area contributed by atoms with Crippen LogP contribution in [0.15, 0.2) is 243 Å². The van der Waals surface area contributed by atoms with Crippen LogP contribution in [-0.2, 0) is 23.4 Å². The molecule has 0 heterocycles. The number of hydrogen-bond donors (Lipinski definition) is 1. The van der Waals surface area contributed by atoms with Gasteiger partial charge >= 0.3 is 6.18 Å². The lowest BCUT2D eigenvalue weighted by molar-refractivity contribution is -0.366. The topological polar surface area (TPSA) is 46.1 Å². The van der Waals surface area contributed by atoms with Crippen molar-refractivity contribution in [3.05, 3.63) is 265 Å². The molecule has 0 atom stereocenters. The Kier molecular flexibility index (Phi) is 19.4. The molecule has 5 nitrogen and oxygen atoms in total. The van der Waals surface area contributed by atoms with Gasteiger partial charge in [0.1, 0.15) is 11.4 Å². The highest BCUT2D eigenvalue weighted by Gasteiger charge is 2.30. The fourth-order valence-electron chi connectivity index (χ4n) is 12.1. The standard InChI is InChI=1S/C30H33NO2.C29H32N.C26H23F3N/c1-30(2,3)24-13-9-20(10-14-24)25-8-6-7-22-19-23(12-15-26(22)25)27-16-11-21(17-18-31)28(32-4)29(27)33-5;1-29(2,3)25-15-10-22(11-16-25)27-9-7-8-24-20-23(14-19-28(24)27)21-12-17-26(18-13-21)30(4,5)6;1-30(2,3)23-8-4-6-19(17-23)20-12-15-25-21(16-20)7-5-9-24(25)18-10-13-22(14-11-18)26(27,28)29/h6-16,19H,17-18,31H2,1-5H3;7-20H,1-6H3;4-17H,1-3H3/q;2*+1/p+1. The van der Waals surface area contributed by atoms with Gasteiger partial charge in [-0.1, -0.05) is 217 Å². The first-order valence-corrected chi connectivity index (χ1v) is 32.0. The van der Waals surface area contributed by atoms with Gasteiger partial charge in [-0.05, 0) is 176 Å². The zero-order valence-corrected chi connectivity index (χ0v) is 56.6. The molecule has 12 rings (SSSR count). The fourth-order valence-corrected chi connectivity index (χ4v) is 12.1. The molecule has 0 aromatic heterocycles. The monoisotopic (exact) mass is 1240 g/mol. The van der Waals surface area contributed by atoms with Crippen LogP contribution in [0.4, 0.5) is 24.5 Å². The van der Waals surface area contributed by atoms with Crippen molar-refractivity contribution in [1.29, 1.82) is 0 Å². The molecule has 3 N–H and O–H groups in total. The fraction of sp³-hybridized carbons (Fsp3) is 0.224. The number of quaternary nitrogens is 3. The van der Waals surface area contributed by atoms with Crippen LogP contribution in [0, 0.1) is 0 Å². The van der Waals surface area contributed by atoms with Crippen LogP contribution >= 0.6 is 0 Å². The molecular weight excluding hydrogens is 1150 g/mol. The van der Waals surface area contributed by atoms with E-state index in [0.29, 0.717) is 0 Å². The second-order valence-corrected chi connectivity index (χ2v) is 28.0. The van der Waals surface area contributed by atoms with E-state index in [1.54, 1.807) is 14.2 Å². The largest absolute Gasteiger partial charge is 0.493 e. The molecule has 0 radical (unpaired) electrons. The molecule has 474 valence electrons. The maximum absolute atomic E-state index is 12.9. The molecule has 0 saturated carbocycles. The van der Waals surface area contributed by atoms with E-state index in [9.17, 15) is 13.2 Å². The van der Waals surface area contributed by atoms with Crippen molar-refractivity contribution in [1.82, 2.24) is 8.97 Å². The Balaban J connectivity index is 0.000000153. The van der Waals surface area contributed by atoms with Crippen LogP contribution in [0.5, 0.6) is 11.5 Å². The lowest BCUT2D eigenvalue weighted by Crippen LogP contribution is -2.51. The van der Waals surface area contributed by atoms with E-state index in [2.05, 4.69) is 290 Å². The summed E-state index contributed by atoms with van der Waals surface area (Å²) in [6.45, 7) is 14.3. The molecular formula is C85H89F3N3O2+3. The summed E-state index contributed by atoms with van der Waals surface area (Å²) < 4.78 is 51.7. The van der Waals surface area contributed by atoms with Gasteiger partial charge in [-0.3, -0.25) is 8.97 Å². The highest BCUT2D eigenvalue weighted by molar-refractivity contribution is 6.01. The van der Waals surface area contributed by atoms with E-state index < -0.39 is 11.7 Å². The zero-order valence-electron chi connectivity index (χ0n) is 56.6. The van der Waals surface area contributed by atoms with Gasteiger partial charge in [0.05, 0.1) is 68.6 Å². The normalized spacial score (nSPS) is 12.1. The van der Waals surface area contributed by atoms with E-state index in [0.717, 1.165) is 95.3 Å². The van der Waals surface area contributed by atoms with Crippen LogP contribution < -0.4 is 24.2 Å². The van der Waals surface area contributed by atoms with E-state index in [1.165, 1.54) is 89.6 Å². The maximum Gasteiger partial charge on any atom is 0.416 e. The third-order valence-electron chi connectivity index (χ3n) is 17.6. The number of ether oxygens (including phenoxy) is 2. The molecule has 8 heteroatoms. The van der Waals surface area contributed by atoms with Gasteiger partial charge in [-0.15, -0.1) is 0 Å². The molecule has 0 unspecified atom stereocenters. The lowest BCUT2D eigenvalue weighted by atomic mass is 9.86. The Morgan fingerprint density at radius 3 is 1.10 bits per heavy atom. The van der Waals surface area contributed by atoms with Crippen molar-refractivity contribution in [3.8, 4) is 78.3 Å². The predicted molar refractivity (Wildman–Crippen MR) is 391 cm³/mol. The summed E-state index contributed by atoms with van der Waals surface area (Å²) in [5.74, 6) is 1.57. The van der Waals surface area contributed by atoms with E-state index in [1.807, 2.05) is 18.2 Å². The molecule has 12 aromatic rings. The number of nitrogens with zero attached hydrogens (tertiary/aromatic N) is 2. The Morgan fingerprint density at radius 1 is 0.333 bits per heavy atom. The second kappa shape index (κ2) is 27.1. The SMILES string of the molecule is CC(C)(C)c1ccc(-c2cccc3cc(-c4ccc([N+](C)(C)C)cc4)ccc23)cc1.COc1c(CC[NH3+])ccc(-c2ccc3c(-c4ccc(C(C)(C)C)cc4)cccc3c2)c1OC.C[N+](C)(C)c1cccc(-c2ccc3c(-c4ccc(C(F)(F)F)cc4)cccc3c2)c1. The minimum Gasteiger partial charge on any atom is -0.493 e. The lowest BCUT2D eigenvalue weighted by Gasteiger charge is -2.23. The summed E-state index contributed by atoms with van der Waals surface area (Å²) in [5, 5.41) is 7.09. The molecule has 0 saturated heterocycles. The summed E-state index contributed by atoms with van der Waals surface area (Å²) in [7, 11) is 16.4. The van der Waals surface area contributed by atoms with Gasteiger partial charge in [0, 0.05) is 23.6 Å². The van der Waals surface area contributed by atoms with Crippen molar-refractivity contribution >= 4 is 43.7 Å². The Morgan fingerprint density at radius 2 is 0.699 bits per heavy atom. The summed E-state index contributed by atoms with van der Waals surface area (Å²) in [5.41, 5.74) is 23.7. The van der Waals surface area contributed by atoms with Gasteiger partial charge < -0.3 is 15.2 Å².